The molecule has 38 heavy (non-hydrogen) atoms. The van der Waals surface area contributed by atoms with E-state index < -0.39 is 10.0 Å². The molecule has 0 fully saturated rings. The van der Waals surface area contributed by atoms with Gasteiger partial charge in [-0.05, 0) is 42.7 Å². The summed E-state index contributed by atoms with van der Waals surface area (Å²) in [6, 6.07) is 21.6. The number of benzene rings is 3. The first-order valence-corrected chi connectivity index (χ1v) is 14.2. The molecule has 200 valence electrons. The number of ether oxygens (including phenoxy) is 2. The summed E-state index contributed by atoms with van der Waals surface area (Å²) < 4.78 is 37.3. The van der Waals surface area contributed by atoms with Crippen LogP contribution in [0.25, 0.3) is 0 Å². The Morgan fingerprint density at radius 3 is 2.39 bits per heavy atom. The van der Waals surface area contributed by atoms with E-state index in [1.54, 1.807) is 42.5 Å². The molecule has 2 N–H and O–H groups in total. The molecule has 0 saturated heterocycles. The molecule has 0 saturated carbocycles. The van der Waals surface area contributed by atoms with Gasteiger partial charge in [-0.1, -0.05) is 42.5 Å². The quantitative estimate of drug-likeness (QED) is 0.386. The minimum absolute atomic E-state index is 0.0700. The molecule has 0 radical (unpaired) electrons. The number of nitrogens with one attached hydrogen (secondary N) is 2. The van der Waals surface area contributed by atoms with Crippen molar-refractivity contribution in [2.24, 2.45) is 0 Å². The molecule has 1 aliphatic heterocycles. The molecule has 3 aromatic carbocycles. The summed E-state index contributed by atoms with van der Waals surface area (Å²) in [5, 5.41) is 5.68. The number of anilines is 2. The van der Waals surface area contributed by atoms with Crippen molar-refractivity contribution in [3.63, 3.8) is 0 Å². The number of amides is 2. The highest BCUT2D eigenvalue weighted by molar-refractivity contribution is 7.92. The van der Waals surface area contributed by atoms with Crippen LogP contribution in [-0.4, -0.2) is 52.8 Å². The number of hydrogen-bond acceptors (Lipinski definition) is 6. The van der Waals surface area contributed by atoms with Gasteiger partial charge in [-0.3, -0.25) is 13.9 Å². The van der Waals surface area contributed by atoms with E-state index in [2.05, 4.69) is 10.6 Å². The van der Waals surface area contributed by atoms with E-state index >= 15 is 0 Å². The molecule has 3 aromatic rings. The zero-order valence-electron chi connectivity index (χ0n) is 21.2. The van der Waals surface area contributed by atoms with Gasteiger partial charge in [0.25, 0.3) is 5.91 Å². The van der Waals surface area contributed by atoms with Crippen molar-refractivity contribution in [2.75, 3.05) is 42.2 Å². The largest absolute Gasteiger partial charge is 0.486 e. The molecule has 9 nitrogen and oxygen atoms in total. The van der Waals surface area contributed by atoms with Crippen molar-refractivity contribution >= 4 is 33.2 Å². The van der Waals surface area contributed by atoms with Crippen LogP contribution in [0.15, 0.2) is 72.8 Å². The smallest absolute Gasteiger partial charge is 0.253 e. The van der Waals surface area contributed by atoms with E-state index in [0.29, 0.717) is 54.6 Å². The predicted molar refractivity (Wildman–Crippen MR) is 146 cm³/mol. The molecule has 0 bridgehead atoms. The van der Waals surface area contributed by atoms with Crippen molar-refractivity contribution in [3.05, 3.63) is 83.9 Å². The Bertz CT molecular complexity index is 1380. The summed E-state index contributed by atoms with van der Waals surface area (Å²) in [5.74, 6) is 0.457. The second-order valence-electron chi connectivity index (χ2n) is 8.85. The van der Waals surface area contributed by atoms with Gasteiger partial charge in [-0.2, -0.15) is 0 Å². The number of nitrogens with zero attached hydrogens (tertiary/aromatic N) is 1. The summed E-state index contributed by atoms with van der Waals surface area (Å²) in [7, 11) is -3.60. The van der Waals surface area contributed by atoms with Gasteiger partial charge in [0.2, 0.25) is 15.9 Å². The third-order valence-corrected chi connectivity index (χ3v) is 7.16. The Kier molecular flexibility index (Phi) is 8.85. The van der Waals surface area contributed by atoms with Crippen LogP contribution >= 0.6 is 0 Å². The monoisotopic (exact) mass is 537 g/mol. The number of carbonyl (C=O) groups excluding carboxylic acids is 2. The van der Waals surface area contributed by atoms with Gasteiger partial charge in [0.15, 0.2) is 11.5 Å². The van der Waals surface area contributed by atoms with Crippen LogP contribution in [0.5, 0.6) is 11.5 Å². The minimum Gasteiger partial charge on any atom is -0.486 e. The van der Waals surface area contributed by atoms with E-state index in [1.807, 2.05) is 30.3 Å². The average Bonchev–Trinajstić information content (AvgIpc) is 2.91. The number of carbonyl (C=O) groups is 2. The molecule has 0 atom stereocenters. The first-order chi connectivity index (χ1) is 18.3. The highest BCUT2D eigenvalue weighted by Gasteiger charge is 2.21. The lowest BCUT2D eigenvalue weighted by atomic mass is 10.1. The Labute approximate surface area is 222 Å². The minimum atomic E-state index is -3.60. The van der Waals surface area contributed by atoms with Crippen LogP contribution < -0.4 is 24.4 Å². The van der Waals surface area contributed by atoms with Crippen LogP contribution in [0.3, 0.4) is 0 Å². The molecule has 0 aliphatic carbocycles. The maximum absolute atomic E-state index is 12.8. The molecule has 0 aromatic heterocycles. The fourth-order valence-corrected chi connectivity index (χ4v) is 5.08. The molecule has 0 spiro atoms. The first kappa shape index (κ1) is 27.0. The Hall–Kier alpha value is -4.05. The van der Waals surface area contributed by atoms with Gasteiger partial charge in [0.05, 0.1) is 23.2 Å². The maximum Gasteiger partial charge on any atom is 0.253 e. The molecular formula is C28H31N3O6S. The SMILES string of the molecule is CS(=O)(=O)N(CCCC(=O)Nc1ccccc1C(=O)NCCc1ccccc1)c1ccc2c(c1)OCCO2. The first-order valence-electron chi connectivity index (χ1n) is 12.4. The molecule has 0 unspecified atom stereocenters. The lowest BCUT2D eigenvalue weighted by Crippen LogP contribution is -2.31. The molecule has 2 amide bonds. The second kappa shape index (κ2) is 12.5. The van der Waals surface area contributed by atoms with Crippen LogP contribution in [0.1, 0.15) is 28.8 Å². The lowest BCUT2D eigenvalue weighted by molar-refractivity contribution is -0.116. The molecular weight excluding hydrogens is 506 g/mol. The van der Waals surface area contributed by atoms with Gasteiger partial charge < -0.3 is 20.1 Å². The molecule has 10 heteroatoms. The Morgan fingerprint density at radius 2 is 1.63 bits per heavy atom. The number of rotatable bonds is 11. The van der Waals surface area contributed by atoms with E-state index in [9.17, 15) is 18.0 Å². The fraction of sp³-hybridized carbons (Fsp3) is 0.286. The summed E-state index contributed by atoms with van der Waals surface area (Å²) >= 11 is 0. The van der Waals surface area contributed by atoms with Gasteiger partial charge >= 0.3 is 0 Å². The average molecular weight is 538 g/mol. The van der Waals surface area contributed by atoms with Gasteiger partial charge in [-0.15, -0.1) is 0 Å². The van der Waals surface area contributed by atoms with E-state index in [0.717, 1.165) is 11.8 Å². The Balaban J connectivity index is 1.32. The van der Waals surface area contributed by atoms with E-state index in [1.165, 1.54) is 4.31 Å². The lowest BCUT2D eigenvalue weighted by Gasteiger charge is -2.25. The van der Waals surface area contributed by atoms with Crippen molar-refractivity contribution in [2.45, 2.75) is 19.3 Å². The third kappa shape index (κ3) is 7.25. The van der Waals surface area contributed by atoms with Crippen molar-refractivity contribution in [1.29, 1.82) is 0 Å². The van der Waals surface area contributed by atoms with Gasteiger partial charge in [0.1, 0.15) is 13.2 Å². The third-order valence-electron chi connectivity index (χ3n) is 5.97. The predicted octanol–water partition coefficient (Wildman–Crippen LogP) is 3.62. The van der Waals surface area contributed by atoms with Crippen molar-refractivity contribution in [3.8, 4) is 11.5 Å². The van der Waals surface area contributed by atoms with Gasteiger partial charge in [-0.25, -0.2) is 8.42 Å². The summed E-state index contributed by atoms with van der Waals surface area (Å²) in [6.07, 6.45) is 2.16. The highest BCUT2D eigenvalue weighted by Crippen LogP contribution is 2.34. The summed E-state index contributed by atoms with van der Waals surface area (Å²) in [6.45, 7) is 1.40. The second-order valence-corrected chi connectivity index (χ2v) is 10.8. The zero-order chi connectivity index (χ0) is 27.0. The van der Waals surface area contributed by atoms with E-state index in [4.69, 9.17) is 9.47 Å². The molecule has 4 rings (SSSR count). The van der Waals surface area contributed by atoms with Crippen LogP contribution in [0.2, 0.25) is 0 Å². The van der Waals surface area contributed by atoms with Crippen molar-refractivity contribution in [1.82, 2.24) is 5.32 Å². The molecule has 1 aliphatic rings. The summed E-state index contributed by atoms with van der Waals surface area (Å²) in [4.78, 5) is 25.5. The number of fused-ring (bicyclic) bond motifs is 1. The van der Waals surface area contributed by atoms with Crippen LogP contribution in [-0.2, 0) is 21.2 Å². The van der Waals surface area contributed by atoms with Crippen LogP contribution in [0, 0.1) is 0 Å². The van der Waals surface area contributed by atoms with Gasteiger partial charge in [0, 0.05) is 25.6 Å². The number of hydrogen-bond donors (Lipinski definition) is 2. The van der Waals surface area contributed by atoms with Crippen molar-refractivity contribution < 1.29 is 27.5 Å². The van der Waals surface area contributed by atoms with Crippen LogP contribution in [0.4, 0.5) is 11.4 Å². The highest BCUT2D eigenvalue weighted by atomic mass is 32.2. The maximum atomic E-state index is 12.8. The normalized spacial score (nSPS) is 12.4. The topological polar surface area (TPSA) is 114 Å². The number of sulfonamides is 1. The fourth-order valence-electron chi connectivity index (χ4n) is 4.12. The summed E-state index contributed by atoms with van der Waals surface area (Å²) in [5.41, 5.74) is 2.33. The molecule has 1 heterocycles. The Morgan fingerprint density at radius 1 is 0.921 bits per heavy atom. The van der Waals surface area contributed by atoms with E-state index in [-0.39, 0.29) is 31.2 Å². The zero-order valence-corrected chi connectivity index (χ0v) is 22.0. The number of para-hydroxylation sites is 1. The standard InChI is InChI=1S/C28H31N3O6S/c1-38(34,35)31(22-13-14-25-26(20-22)37-19-18-36-25)17-7-12-27(32)30-24-11-6-5-10-23(24)28(33)29-16-15-21-8-3-2-4-9-21/h2-6,8-11,13-14,20H,7,12,15-19H2,1H3,(H,29,33)(H,30,32).